The molecule has 0 aromatic heterocycles. The number of hydrogen-bond acceptors (Lipinski definition) is 2. The van der Waals surface area contributed by atoms with Crippen LogP contribution in [0.25, 0.3) is 0 Å². The number of Topliss-reactive ketones (excluding diaryl/α,β-unsaturated/α-hetero) is 1. The van der Waals surface area contributed by atoms with E-state index in [0.29, 0.717) is 10.0 Å². The molecule has 0 aliphatic heterocycles. The van der Waals surface area contributed by atoms with E-state index in [4.69, 9.17) is 5.11 Å². The van der Waals surface area contributed by atoms with Crippen LogP contribution in [0.15, 0.2) is 9.66 Å². The van der Waals surface area contributed by atoms with Crippen LogP contribution in [0.1, 0.15) is 12.8 Å². The van der Waals surface area contributed by atoms with Crippen molar-refractivity contribution in [1.82, 2.24) is 0 Å². The van der Waals surface area contributed by atoms with E-state index in [9.17, 15) is 4.79 Å². The number of carbonyl (C=O) groups excluding carboxylic acids is 1. The van der Waals surface area contributed by atoms with Gasteiger partial charge in [0.15, 0.2) is 5.78 Å². The number of aliphatic hydroxyl groups is 1. The molecular weight excluding hydrogens is 231 g/mol. The van der Waals surface area contributed by atoms with E-state index in [1.54, 1.807) is 0 Å². The van der Waals surface area contributed by atoms with Gasteiger partial charge >= 0.3 is 0 Å². The monoisotopic (exact) mass is 238 g/mol. The first-order valence-electron chi connectivity index (χ1n) is 2.80. The van der Waals surface area contributed by atoms with Crippen molar-refractivity contribution in [3.8, 4) is 0 Å². The molecule has 0 heterocycles. The maximum Gasteiger partial charge on any atom is 0.197 e. The summed E-state index contributed by atoms with van der Waals surface area (Å²) in [7, 11) is 0. The van der Waals surface area contributed by atoms with Gasteiger partial charge in [0.1, 0.15) is 6.10 Å². The summed E-state index contributed by atoms with van der Waals surface area (Å²) in [6, 6.07) is 0. The molecule has 0 saturated heterocycles. The van der Waals surface area contributed by atoms with Crippen LogP contribution in [0.2, 0.25) is 0 Å². The Morgan fingerprint density at radius 3 is 2.89 bits per heavy atom. The lowest BCUT2D eigenvalue weighted by atomic mass is 10.0. The van der Waals surface area contributed by atoms with Crippen LogP contribution in [-0.4, -0.2) is 17.0 Å². The molecule has 1 N–H and O–H groups in total. The van der Waals surface area contributed by atoms with Gasteiger partial charge in [0, 0.05) is 0 Å². The van der Waals surface area contributed by atoms with Gasteiger partial charge in [-0.3, -0.25) is 4.79 Å². The van der Waals surface area contributed by atoms with E-state index in [1.807, 2.05) is 28.7 Å². The van der Waals surface area contributed by atoms with E-state index >= 15 is 0 Å². The van der Waals surface area contributed by atoms with Gasteiger partial charge in [-0.15, -0.1) is 0 Å². The molecule has 1 aliphatic rings. The SMILES string of the molecule is O=C1C(I)=CCC[C@H]1O. The van der Waals surface area contributed by atoms with Crippen molar-refractivity contribution in [3.63, 3.8) is 0 Å². The minimum Gasteiger partial charge on any atom is -0.385 e. The molecule has 1 rings (SSSR count). The van der Waals surface area contributed by atoms with Gasteiger partial charge in [-0.25, -0.2) is 0 Å². The quantitative estimate of drug-likeness (QED) is 0.640. The molecule has 0 radical (unpaired) electrons. The third-order valence-electron chi connectivity index (χ3n) is 1.30. The van der Waals surface area contributed by atoms with E-state index in [-0.39, 0.29) is 5.78 Å². The molecule has 0 saturated carbocycles. The van der Waals surface area contributed by atoms with Gasteiger partial charge < -0.3 is 5.11 Å². The smallest absolute Gasteiger partial charge is 0.197 e. The number of carbonyl (C=O) groups is 1. The molecule has 0 aromatic rings. The highest BCUT2D eigenvalue weighted by Crippen LogP contribution is 2.19. The van der Waals surface area contributed by atoms with E-state index in [2.05, 4.69) is 0 Å². The van der Waals surface area contributed by atoms with Crippen molar-refractivity contribution in [3.05, 3.63) is 9.66 Å². The van der Waals surface area contributed by atoms with E-state index in [0.717, 1.165) is 6.42 Å². The molecule has 3 heteroatoms. The third kappa shape index (κ3) is 1.52. The van der Waals surface area contributed by atoms with E-state index in [1.165, 1.54) is 0 Å². The molecule has 0 amide bonds. The molecule has 1 atom stereocenters. The van der Waals surface area contributed by atoms with Crippen molar-refractivity contribution in [1.29, 1.82) is 0 Å². The standard InChI is InChI=1S/C6H7IO2/c7-4-2-1-3-5(8)6(4)9/h2,5,8H,1,3H2/t5-/m1/s1. The molecule has 9 heavy (non-hydrogen) atoms. The van der Waals surface area contributed by atoms with Gasteiger partial charge in [0.05, 0.1) is 3.58 Å². The van der Waals surface area contributed by atoms with Crippen LogP contribution < -0.4 is 0 Å². The van der Waals surface area contributed by atoms with Crippen molar-refractivity contribution in [2.75, 3.05) is 0 Å². The average molecular weight is 238 g/mol. The molecule has 0 bridgehead atoms. The molecular formula is C6H7IO2. The highest BCUT2D eigenvalue weighted by atomic mass is 127. The molecule has 50 valence electrons. The third-order valence-corrected chi connectivity index (χ3v) is 2.27. The summed E-state index contributed by atoms with van der Waals surface area (Å²) in [5.41, 5.74) is 0. The van der Waals surface area contributed by atoms with Crippen LogP contribution in [0.4, 0.5) is 0 Å². The number of allylic oxidation sites excluding steroid dienone is 1. The van der Waals surface area contributed by atoms with Gasteiger partial charge in [0.2, 0.25) is 0 Å². The van der Waals surface area contributed by atoms with Crippen molar-refractivity contribution in [2.45, 2.75) is 18.9 Å². The fraction of sp³-hybridized carbons (Fsp3) is 0.500. The fourth-order valence-electron chi connectivity index (χ4n) is 0.759. The molecule has 2 nitrogen and oxygen atoms in total. The Bertz CT molecular complexity index is 162. The highest BCUT2D eigenvalue weighted by Gasteiger charge is 2.20. The number of hydrogen-bond donors (Lipinski definition) is 1. The zero-order chi connectivity index (χ0) is 6.85. The Morgan fingerprint density at radius 1 is 1.78 bits per heavy atom. The van der Waals surface area contributed by atoms with Crippen LogP contribution in [-0.2, 0) is 4.79 Å². The lowest BCUT2D eigenvalue weighted by molar-refractivity contribution is -0.123. The summed E-state index contributed by atoms with van der Waals surface area (Å²) in [5.74, 6) is -0.123. The second-order valence-corrected chi connectivity index (χ2v) is 3.17. The Morgan fingerprint density at radius 2 is 2.44 bits per heavy atom. The maximum absolute atomic E-state index is 10.8. The number of halogens is 1. The van der Waals surface area contributed by atoms with Crippen LogP contribution in [0.3, 0.4) is 0 Å². The zero-order valence-corrected chi connectivity index (χ0v) is 6.96. The van der Waals surface area contributed by atoms with Gasteiger partial charge in [-0.2, -0.15) is 0 Å². The number of rotatable bonds is 0. The van der Waals surface area contributed by atoms with Crippen molar-refractivity contribution in [2.24, 2.45) is 0 Å². The second kappa shape index (κ2) is 2.79. The molecule has 0 aromatic carbocycles. The van der Waals surface area contributed by atoms with Crippen molar-refractivity contribution < 1.29 is 9.90 Å². The van der Waals surface area contributed by atoms with Gasteiger partial charge in [-0.05, 0) is 35.4 Å². The Labute approximate surface area is 67.1 Å². The second-order valence-electron chi connectivity index (χ2n) is 2.01. The summed E-state index contributed by atoms with van der Waals surface area (Å²) in [6.45, 7) is 0. The summed E-state index contributed by atoms with van der Waals surface area (Å²) in [5, 5.41) is 8.95. The van der Waals surface area contributed by atoms with Crippen LogP contribution in [0, 0.1) is 0 Å². The predicted octanol–water partition coefficient (Wildman–Crippen LogP) is 1.03. The Kier molecular flexibility index (Phi) is 2.23. The molecule has 0 fully saturated rings. The minimum atomic E-state index is -0.734. The van der Waals surface area contributed by atoms with Crippen LogP contribution >= 0.6 is 22.6 Å². The average Bonchev–Trinajstić information content (AvgIpc) is 1.83. The highest BCUT2D eigenvalue weighted by molar-refractivity contribution is 14.1. The van der Waals surface area contributed by atoms with E-state index < -0.39 is 6.10 Å². The topological polar surface area (TPSA) is 37.3 Å². The predicted molar refractivity (Wildman–Crippen MR) is 42.4 cm³/mol. The normalized spacial score (nSPS) is 28.0. The summed E-state index contributed by atoms with van der Waals surface area (Å²) in [6.07, 6.45) is 2.54. The van der Waals surface area contributed by atoms with Gasteiger partial charge in [-0.1, -0.05) is 6.08 Å². The fourth-order valence-corrected chi connectivity index (χ4v) is 1.43. The molecule has 0 unspecified atom stereocenters. The largest absolute Gasteiger partial charge is 0.385 e. The Balaban J connectivity index is 2.74. The summed E-state index contributed by atoms with van der Waals surface area (Å²) in [4.78, 5) is 10.8. The molecule has 1 aliphatic carbocycles. The lowest BCUT2D eigenvalue weighted by Gasteiger charge is -2.11. The number of aliphatic hydroxyl groups excluding tert-OH is 1. The first-order chi connectivity index (χ1) is 4.22. The zero-order valence-electron chi connectivity index (χ0n) is 4.80. The number of ketones is 1. The summed E-state index contributed by atoms with van der Waals surface area (Å²) >= 11 is 1.95. The maximum atomic E-state index is 10.8. The lowest BCUT2D eigenvalue weighted by Crippen LogP contribution is -2.22. The van der Waals surface area contributed by atoms with Crippen LogP contribution in [0.5, 0.6) is 0 Å². The Hall–Kier alpha value is 0.1000. The van der Waals surface area contributed by atoms with Crippen molar-refractivity contribution >= 4 is 28.4 Å². The summed E-state index contributed by atoms with van der Waals surface area (Å²) < 4.78 is 0.673. The minimum absolute atomic E-state index is 0.123. The first-order valence-corrected chi connectivity index (χ1v) is 3.87. The molecule has 0 spiro atoms. The first kappa shape index (κ1) is 7.21. The van der Waals surface area contributed by atoms with Gasteiger partial charge in [0.25, 0.3) is 0 Å².